The van der Waals surface area contributed by atoms with Crippen LogP contribution in [0.3, 0.4) is 0 Å². The van der Waals surface area contributed by atoms with Gasteiger partial charge in [-0.25, -0.2) is 4.98 Å². The highest BCUT2D eigenvalue weighted by molar-refractivity contribution is 5.92. The Morgan fingerprint density at radius 2 is 1.57 bits per heavy atom. The van der Waals surface area contributed by atoms with Gasteiger partial charge in [-0.3, -0.25) is 4.79 Å². The van der Waals surface area contributed by atoms with Crippen LogP contribution in [0, 0.1) is 0 Å². The van der Waals surface area contributed by atoms with E-state index in [0.29, 0.717) is 5.88 Å². The molecule has 4 heteroatoms. The molecule has 1 amide bonds. The van der Waals surface area contributed by atoms with Gasteiger partial charge in [0.2, 0.25) is 5.88 Å². The Morgan fingerprint density at radius 3 is 2.26 bits per heavy atom. The average molecular weight is 304 g/mol. The van der Waals surface area contributed by atoms with Crippen LogP contribution in [0.25, 0.3) is 11.1 Å². The van der Waals surface area contributed by atoms with E-state index < -0.39 is 0 Å². The highest BCUT2D eigenvalue weighted by Gasteiger charge is 2.04. The SMILES string of the molecule is O=C(COc1ccccn1)Nc1ccc(-c2ccccc2)cc1. The summed E-state index contributed by atoms with van der Waals surface area (Å²) in [4.78, 5) is 15.9. The third-order valence-corrected chi connectivity index (χ3v) is 3.26. The third kappa shape index (κ3) is 4.17. The molecule has 1 heterocycles. The number of anilines is 1. The van der Waals surface area contributed by atoms with Crippen molar-refractivity contribution in [3.8, 4) is 17.0 Å². The maximum atomic E-state index is 11.9. The van der Waals surface area contributed by atoms with Crippen LogP contribution in [0.4, 0.5) is 5.69 Å². The first-order valence-corrected chi connectivity index (χ1v) is 7.30. The number of rotatable bonds is 5. The lowest BCUT2D eigenvalue weighted by Gasteiger charge is -2.08. The van der Waals surface area contributed by atoms with Crippen molar-refractivity contribution in [2.45, 2.75) is 0 Å². The highest BCUT2D eigenvalue weighted by atomic mass is 16.5. The lowest BCUT2D eigenvalue weighted by atomic mass is 10.1. The zero-order chi connectivity index (χ0) is 15.9. The van der Waals surface area contributed by atoms with E-state index in [1.807, 2.05) is 60.7 Å². The number of amides is 1. The number of pyridine rings is 1. The monoisotopic (exact) mass is 304 g/mol. The second-order valence-corrected chi connectivity index (χ2v) is 4.95. The number of carbonyl (C=O) groups excluding carboxylic acids is 1. The van der Waals surface area contributed by atoms with Gasteiger partial charge < -0.3 is 10.1 Å². The summed E-state index contributed by atoms with van der Waals surface area (Å²) in [7, 11) is 0. The van der Waals surface area contributed by atoms with Crippen LogP contribution in [0.2, 0.25) is 0 Å². The summed E-state index contributed by atoms with van der Waals surface area (Å²) in [6, 6.07) is 23.1. The zero-order valence-corrected chi connectivity index (χ0v) is 12.5. The molecular weight excluding hydrogens is 288 g/mol. The van der Waals surface area contributed by atoms with Gasteiger partial charge in [0.15, 0.2) is 6.61 Å². The molecule has 0 saturated heterocycles. The number of nitrogens with one attached hydrogen (secondary N) is 1. The second kappa shape index (κ2) is 7.22. The first-order valence-electron chi connectivity index (χ1n) is 7.30. The molecule has 0 fully saturated rings. The molecule has 0 spiro atoms. The molecule has 0 aliphatic carbocycles. The lowest BCUT2D eigenvalue weighted by Crippen LogP contribution is -2.20. The van der Waals surface area contributed by atoms with Crippen molar-refractivity contribution in [1.82, 2.24) is 4.98 Å². The molecule has 1 aromatic heterocycles. The predicted molar refractivity (Wildman–Crippen MR) is 90.2 cm³/mol. The summed E-state index contributed by atoms with van der Waals surface area (Å²) >= 11 is 0. The maximum Gasteiger partial charge on any atom is 0.262 e. The van der Waals surface area contributed by atoms with Gasteiger partial charge in [0.05, 0.1) is 0 Å². The van der Waals surface area contributed by atoms with Gasteiger partial charge in [0, 0.05) is 18.0 Å². The molecule has 0 radical (unpaired) electrons. The van der Waals surface area contributed by atoms with Crippen molar-refractivity contribution in [3.63, 3.8) is 0 Å². The number of hydrogen-bond donors (Lipinski definition) is 1. The molecule has 0 atom stereocenters. The van der Waals surface area contributed by atoms with E-state index in [9.17, 15) is 4.79 Å². The van der Waals surface area contributed by atoms with Crippen molar-refractivity contribution in [2.24, 2.45) is 0 Å². The summed E-state index contributed by atoms with van der Waals surface area (Å²) in [5.41, 5.74) is 2.98. The Hall–Kier alpha value is -3.14. The Kier molecular flexibility index (Phi) is 4.64. The minimum absolute atomic E-state index is 0.0720. The number of hydrogen-bond acceptors (Lipinski definition) is 3. The number of ether oxygens (including phenoxy) is 1. The van der Waals surface area contributed by atoms with Crippen molar-refractivity contribution in [1.29, 1.82) is 0 Å². The van der Waals surface area contributed by atoms with E-state index in [1.165, 1.54) is 0 Å². The fraction of sp³-hybridized carbons (Fsp3) is 0.0526. The molecule has 0 saturated carbocycles. The molecule has 4 nitrogen and oxygen atoms in total. The Morgan fingerprint density at radius 1 is 0.870 bits per heavy atom. The van der Waals surface area contributed by atoms with E-state index >= 15 is 0 Å². The van der Waals surface area contributed by atoms with Crippen LogP contribution in [0.5, 0.6) is 5.88 Å². The molecule has 3 rings (SSSR count). The quantitative estimate of drug-likeness (QED) is 0.780. The fourth-order valence-corrected chi connectivity index (χ4v) is 2.15. The predicted octanol–water partition coefficient (Wildman–Crippen LogP) is 3.77. The van der Waals surface area contributed by atoms with Crippen molar-refractivity contribution >= 4 is 11.6 Å². The molecule has 0 aliphatic heterocycles. The van der Waals surface area contributed by atoms with Gasteiger partial charge in [0.25, 0.3) is 5.91 Å². The van der Waals surface area contributed by atoms with E-state index in [1.54, 1.807) is 18.3 Å². The van der Waals surface area contributed by atoms with Gasteiger partial charge in [-0.1, -0.05) is 48.5 Å². The van der Waals surface area contributed by atoms with Crippen molar-refractivity contribution in [2.75, 3.05) is 11.9 Å². The minimum atomic E-state index is -0.219. The lowest BCUT2D eigenvalue weighted by molar-refractivity contribution is -0.118. The van der Waals surface area contributed by atoms with Gasteiger partial charge in [0.1, 0.15) is 0 Å². The normalized spacial score (nSPS) is 10.1. The molecular formula is C19H16N2O2. The van der Waals surface area contributed by atoms with Crippen molar-refractivity contribution < 1.29 is 9.53 Å². The van der Waals surface area contributed by atoms with E-state index in [0.717, 1.165) is 16.8 Å². The van der Waals surface area contributed by atoms with Crippen LogP contribution < -0.4 is 10.1 Å². The molecule has 0 aliphatic rings. The minimum Gasteiger partial charge on any atom is -0.468 e. The molecule has 0 bridgehead atoms. The molecule has 23 heavy (non-hydrogen) atoms. The largest absolute Gasteiger partial charge is 0.468 e. The maximum absolute atomic E-state index is 11.9. The van der Waals surface area contributed by atoms with Crippen LogP contribution in [0.1, 0.15) is 0 Å². The van der Waals surface area contributed by atoms with Gasteiger partial charge >= 0.3 is 0 Å². The number of carbonyl (C=O) groups is 1. The smallest absolute Gasteiger partial charge is 0.262 e. The summed E-state index contributed by atoms with van der Waals surface area (Å²) in [5.74, 6) is 0.213. The van der Waals surface area contributed by atoms with E-state index in [-0.39, 0.29) is 12.5 Å². The molecule has 2 aromatic carbocycles. The average Bonchev–Trinajstić information content (AvgIpc) is 2.62. The van der Waals surface area contributed by atoms with Crippen LogP contribution in [-0.2, 0) is 4.79 Å². The Balaban J connectivity index is 1.57. The van der Waals surface area contributed by atoms with E-state index in [2.05, 4.69) is 10.3 Å². The van der Waals surface area contributed by atoms with Crippen LogP contribution in [0.15, 0.2) is 79.0 Å². The Bertz CT molecular complexity index is 756. The summed E-state index contributed by atoms with van der Waals surface area (Å²) in [6.07, 6.45) is 1.62. The summed E-state index contributed by atoms with van der Waals surface area (Å²) in [5, 5.41) is 2.80. The van der Waals surface area contributed by atoms with Gasteiger partial charge in [-0.05, 0) is 29.3 Å². The van der Waals surface area contributed by atoms with Gasteiger partial charge in [-0.15, -0.1) is 0 Å². The first-order chi connectivity index (χ1) is 11.3. The Labute approximate surface area is 134 Å². The van der Waals surface area contributed by atoms with Crippen molar-refractivity contribution in [3.05, 3.63) is 79.0 Å². The van der Waals surface area contributed by atoms with E-state index in [4.69, 9.17) is 4.74 Å². The number of benzene rings is 2. The molecule has 1 N–H and O–H groups in total. The van der Waals surface area contributed by atoms with Crippen LogP contribution >= 0.6 is 0 Å². The summed E-state index contributed by atoms with van der Waals surface area (Å²) in [6.45, 7) is -0.0720. The number of nitrogens with zero attached hydrogens (tertiary/aromatic N) is 1. The fourth-order valence-electron chi connectivity index (χ4n) is 2.15. The first kappa shape index (κ1) is 14.8. The second-order valence-electron chi connectivity index (χ2n) is 4.95. The van der Waals surface area contributed by atoms with Gasteiger partial charge in [-0.2, -0.15) is 0 Å². The molecule has 0 unspecified atom stereocenters. The highest BCUT2D eigenvalue weighted by Crippen LogP contribution is 2.20. The summed E-state index contributed by atoms with van der Waals surface area (Å²) < 4.78 is 5.31. The standard InChI is InChI=1S/C19H16N2O2/c22-18(14-23-19-8-4-5-13-20-19)21-17-11-9-16(10-12-17)15-6-2-1-3-7-15/h1-13H,14H2,(H,21,22). The number of aromatic nitrogens is 1. The van der Waals surface area contributed by atoms with Crippen LogP contribution in [-0.4, -0.2) is 17.5 Å². The third-order valence-electron chi connectivity index (χ3n) is 3.26. The topological polar surface area (TPSA) is 51.2 Å². The molecule has 114 valence electrons. The zero-order valence-electron chi connectivity index (χ0n) is 12.5. The molecule has 3 aromatic rings.